The van der Waals surface area contributed by atoms with Gasteiger partial charge < -0.3 is 15.4 Å². The molecule has 3 aromatic heterocycles. The largest absolute Gasteiger partial charge is 0.376 e. The minimum Gasteiger partial charge on any atom is -0.376 e. The number of nitrogens with one attached hydrogen (secondary N) is 2. The zero-order chi connectivity index (χ0) is 28.5. The molecule has 0 unspecified atom stereocenters. The van der Waals surface area contributed by atoms with Gasteiger partial charge in [-0.1, -0.05) is 23.4 Å². The Labute approximate surface area is 239 Å². The van der Waals surface area contributed by atoms with Crippen molar-refractivity contribution in [3.63, 3.8) is 0 Å². The van der Waals surface area contributed by atoms with Crippen molar-refractivity contribution in [3.8, 4) is 0 Å². The van der Waals surface area contributed by atoms with E-state index < -0.39 is 26.8 Å². The topological polar surface area (TPSA) is 165 Å². The Balaban J connectivity index is 1.20. The van der Waals surface area contributed by atoms with Gasteiger partial charge >= 0.3 is 6.03 Å². The summed E-state index contributed by atoms with van der Waals surface area (Å²) in [6.07, 6.45) is 8.40. The van der Waals surface area contributed by atoms with Gasteiger partial charge in [0.15, 0.2) is 5.82 Å². The minimum absolute atomic E-state index is 0.0146. The number of piperidine rings is 1. The monoisotopic (exact) mass is 608 g/mol. The van der Waals surface area contributed by atoms with Crippen molar-refractivity contribution in [2.45, 2.75) is 46.7 Å². The Morgan fingerprint density at radius 2 is 2.00 bits per heavy atom. The summed E-state index contributed by atoms with van der Waals surface area (Å²) in [5, 5.41) is 2.93. The minimum atomic E-state index is -4.37. The first kappa shape index (κ1) is 28.4. The summed E-state index contributed by atoms with van der Waals surface area (Å²) in [7, 11) is -4.37. The highest BCUT2D eigenvalue weighted by Crippen LogP contribution is 2.42. The number of sulfonamides is 1. The van der Waals surface area contributed by atoms with Crippen molar-refractivity contribution in [2.75, 3.05) is 29.9 Å². The maximum absolute atomic E-state index is 13.4. The van der Waals surface area contributed by atoms with E-state index in [2.05, 4.69) is 30.2 Å². The summed E-state index contributed by atoms with van der Waals surface area (Å²) >= 11 is 7.64. The third-order valence-electron chi connectivity index (χ3n) is 7.06. The van der Waals surface area contributed by atoms with E-state index in [1.807, 2.05) is 6.92 Å². The molecule has 0 aliphatic carbocycles. The van der Waals surface area contributed by atoms with Crippen molar-refractivity contribution >= 4 is 51.1 Å². The van der Waals surface area contributed by atoms with Crippen molar-refractivity contribution < 1.29 is 22.3 Å². The lowest BCUT2D eigenvalue weighted by Crippen LogP contribution is -2.50. The quantitative estimate of drug-likeness (QED) is 0.376. The number of aromatic nitrogens is 4. The van der Waals surface area contributed by atoms with E-state index in [4.69, 9.17) is 22.1 Å². The molecule has 0 bridgehead atoms. The highest BCUT2D eigenvalue weighted by molar-refractivity contribution is 7.99. The number of amides is 2. The average Bonchev–Trinajstić information content (AvgIpc) is 3.20. The van der Waals surface area contributed by atoms with Gasteiger partial charge in [-0.3, -0.25) is 10.3 Å². The number of urea groups is 1. The van der Waals surface area contributed by atoms with Crippen LogP contribution in [0.5, 0.6) is 0 Å². The molecule has 5 heterocycles. The fourth-order valence-electron chi connectivity index (χ4n) is 4.74. The van der Waals surface area contributed by atoms with Crippen molar-refractivity contribution in [3.05, 3.63) is 54.0 Å². The number of nitrogens with zero attached hydrogens (tertiary/aromatic N) is 5. The first-order valence-corrected chi connectivity index (χ1v) is 14.9. The number of halogens is 2. The van der Waals surface area contributed by atoms with Crippen molar-refractivity contribution in [2.24, 2.45) is 11.1 Å². The summed E-state index contributed by atoms with van der Waals surface area (Å²) in [5.41, 5.74) is 6.43. The molecule has 4 N–H and O–H groups in total. The molecule has 212 valence electrons. The third-order valence-corrected chi connectivity index (χ3v) is 9.83. The first-order chi connectivity index (χ1) is 19.1. The Morgan fingerprint density at radius 1 is 1.23 bits per heavy atom. The molecule has 2 saturated heterocycles. The first-order valence-electron chi connectivity index (χ1n) is 12.3. The van der Waals surface area contributed by atoms with Crippen LogP contribution >= 0.6 is 23.4 Å². The second-order valence-corrected chi connectivity index (χ2v) is 12.7. The molecule has 5 rings (SSSR count). The van der Waals surface area contributed by atoms with Crippen LogP contribution in [0.15, 0.2) is 57.9 Å². The lowest BCUT2D eigenvalue weighted by atomic mass is 9.73. The number of hydrogen-bond acceptors (Lipinski definition) is 11. The van der Waals surface area contributed by atoms with Gasteiger partial charge in [-0.05, 0) is 31.9 Å². The summed E-state index contributed by atoms with van der Waals surface area (Å²) in [6.45, 7) is 4.33. The van der Waals surface area contributed by atoms with E-state index >= 15 is 0 Å². The molecule has 2 aliphatic heterocycles. The van der Waals surface area contributed by atoms with Crippen LogP contribution in [-0.4, -0.2) is 66.2 Å². The van der Waals surface area contributed by atoms with E-state index in [9.17, 15) is 17.6 Å². The molecule has 0 saturated carbocycles. The highest BCUT2D eigenvalue weighted by atomic mass is 35.5. The molecule has 3 aromatic rings. The number of pyridine rings is 2. The Morgan fingerprint density at radius 3 is 2.65 bits per heavy atom. The Bertz CT molecular complexity index is 1510. The summed E-state index contributed by atoms with van der Waals surface area (Å²) < 4.78 is 45.6. The molecular weight excluding hydrogens is 583 g/mol. The lowest BCUT2D eigenvalue weighted by molar-refractivity contribution is 0.0974. The zero-order valence-electron chi connectivity index (χ0n) is 21.3. The van der Waals surface area contributed by atoms with Gasteiger partial charge in [0.25, 0.3) is 10.0 Å². The molecule has 1 spiro atoms. The lowest BCUT2D eigenvalue weighted by Gasteiger charge is -2.41. The van der Waals surface area contributed by atoms with Gasteiger partial charge in [0.2, 0.25) is 0 Å². The molecule has 2 amide bonds. The molecule has 2 fully saturated rings. The Kier molecular flexibility index (Phi) is 8.10. The van der Waals surface area contributed by atoms with Gasteiger partial charge in [0.1, 0.15) is 21.6 Å². The van der Waals surface area contributed by atoms with Crippen LogP contribution in [0.3, 0.4) is 0 Å². The number of nitrogens with two attached hydrogens (primary N) is 1. The van der Waals surface area contributed by atoms with Gasteiger partial charge in [-0.25, -0.2) is 37.3 Å². The van der Waals surface area contributed by atoms with Crippen LogP contribution in [-0.2, 0) is 14.8 Å². The number of rotatable bonds is 6. The van der Waals surface area contributed by atoms with Gasteiger partial charge in [-0.15, -0.1) is 0 Å². The second kappa shape index (κ2) is 11.4. The van der Waals surface area contributed by atoms with E-state index in [1.54, 1.807) is 23.2 Å². The predicted molar refractivity (Wildman–Crippen MR) is 146 cm³/mol. The summed E-state index contributed by atoms with van der Waals surface area (Å²) in [6, 6.07) is 1.26. The average molecular weight is 609 g/mol. The zero-order valence-corrected chi connectivity index (χ0v) is 23.6. The molecule has 0 radical (unpaired) electrons. The van der Waals surface area contributed by atoms with Crippen LogP contribution in [0.1, 0.15) is 19.8 Å². The van der Waals surface area contributed by atoms with E-state index in [0.29, 0.717) is 16.5 Å². The summed E-state index contributed by atoms with van der Waals surface area (Å²) in [5.74, 6) is -0.182. The van der Waals surface area contributed by atoms with Crippen molar-refractivity contribution in [1.29, 1.82) is 0 Å². The van der Waals surface area contributed by atoms with Gasteiger partial charge in [0.05, 0.1) is 36.3 Å². The maximum atomic E-state index is 13.4. The number of hydrogen-bond donors (Lipinski definition) is 3. The summed E-state index contributed by atoms with van der Waals surface area (Å²) in [4.78, 5) is 31.1. The van der Waals surface area contributed by atoms with E-state index in [0.717, 1.165) is 50.2 Å². The maximum Gasteiger partial charge on any atom is 0.334 e. The molecule has 16 heteroatoms. The number of ether oxygens (including phenoxy) is 1. The van der Waals surface area contributed by atoms with Crippen LogP contribution in [0.4, 0.5) is 20.8 Å². The standard InChI is InChI=1S/C24H26ClFN8O4S2/c1-14-21(27)24(13-38-14)3-6-34(7-4-24)18-11-31-19(12-30-18)39-17-2-5-29-22(20(17)25)32-23(35)33-40(36,37)16-8-15(26)9-28-10-16/h2,5,8-12,14,21H,3-4,6-7,13,27H2,1H3,(H2,29,32,33,35)/t14-,21+/m0/s1. The molecular formula is C24H26ClFN8O4S2. The van der Waals surface area contributed by atoms with Crippen LogP contribution in [0.2, 0.25) is 5.02 Å². The van der Waals surface area contributed by atoms with Gasteiger partial charge in [0, 0.05) is 41.8 Å². The third kappa shape index (κ3) is 5.98. The van der Waals surface area contributed by atoms with Crippen molar-refractivity contribution in [1.82, 2.24) is 24.7 Å². The Hall–Kier alpha value is -3.11. The van der Waals surface area contributed by atoms with Crippen LogP contribution < -0.4 is 20.7 Å². The number of carbonyl (C=O) groups excluding carboxylic acids is 1. The normalized spacial score (nSPS) is 20.4. The van der Waals surface area contributed by atoms with Gasteiger partial charge in [-0.2, -0.15) is 0 Å². The smallest absolute Gasteiger partial charge is 0.334 e. The van der Waals surface area contributed by atoms with Crippen LogP contribution in [0.25, 0.3) is 0 Å². The van der Waals surface area contributed by atoms with E-state index in [1.165, 1.54) is 18.0 Å². The number of carbonyl (C=O) groups is 1. The molecule has 40 heavy (non-hydrogen) atoms. The SMILES string of the molecule is C[C@@H]1OCC2(CCN(c3cnc(Sc4ccnc(NC(=O)NS(=O)(=O)c5cncc(F)c5)c4Cl)cn3)CC2)[C@@H]1N. The highest BCUT2D eigenvalue weighted by Gasteiger charge is 2.47. The predicted octanol–water partition coefficient (Wildman–Crippen LogP) is 3.05. The second-order valence-electron chi connectivity index (χ2n) is 9.58. The molecule has 12 nitrogen and oxygen atoms in total. The fraction of sp³-hybridized carbons (Fsp3) is 0.375. The van der Waals surface area contributed by atoms with Crippen LogP contribution in [0, 0.1) is 11.2 Å². The number of anilines is 2. The molecule has 2 atom stereocenters. The molecule has 2 aliphatic rings. The molecule has 0 aromatic carbocycles. The van der Waals surface area contributed by atoms with E-state index in [-0.39, 0.29) is 28.4 Å². The fourth-order valence-corrected chi connectivity index (χ4v) is 6.64.